The quantitative estimate of drug-likeness (QED) is 0.668. The second-order valence-electron chi connectivity index (χ2n) is 3.55. The molecule has 6 heteroatoms. The Morgan fingerprint density at radius 1 is 1.44 bits per heavy atom. The zero-order valence-corrected chi connectivity index (χ0v) is 9.61. The van der Waals surface area contributed by atoms with Crippen molar-refractivity contribution in [2.75, 3.05) is 0 Å². The Bertz CT molecular complexity index is 356. The molecule has 0 bridgehead atoms. The average molecular weight is 241 g/mol. The number of hydrogen-bond acceptors (Lipinski definition) is 3. The summed E-state index contributed by atoms with van der Waals surface area (Å²) in [6.07, 6.45) is 0.342. The van der Waals surface area contributed by atoms with Gasteiger partial charge >= 0.3 is 7.12 Å². The largest absolute Gasteiger partial charge is 0.475 e. The number of halogens is 1. The van der Waals surface area contributed by atoms with Crippen LogP contribution in [-0.4, -0.2) is 29.0 Å². The van der Waals surface area contributed by atoms with Crippen LogP contribution in [0.1, 0.15) is 12.5 Å². The van der Waals surface area contributed by atoms with E-state index in [1.54, 1.807) is 24.3 Å². The molecule has 1 rings (SSSR count). The van der Waals surface area contributed by atoms with Gasteiger partial charge in [-0.3, -0.25) is 4.79 Å². The lowest BCUT2D eigenvalue weighted by atomic mass is 9.76. The van der Waals surface area contributed by atoms with Crippen LogP contribution in [0.25, 0.3) is 0 Å². The van der Waals surface area contributed by atoms with Crippen LogP contribution in [0, 0.1) is 0 Å². The van der Waals surface area contributed by atoms with Crippen LogP contribution in [-0.2, 0) is 11.2 Å². The van der Waals surface area contributed by atoms with E-state index < -0.39 is 13.1 Å². The third-order valence-electron chi connectivity index (χ3n) is 2.12. The molecule has 0 aliphatic rings. The van der Waals surface area contributed by atoms with E-state index in [1.165, 1.54) is 6.92 Å². The van der Waals surface area contributed by atoms with Gasteiger partial charge in [0, 0.05) is 11.9 Å². The van der Waals surface area contributed by atoms with Crippen LogP contribution < -0.4 is 5.32 Å². The minimum Gasteiger partial charge on any atom is -0.426 e. The topological polar surface area (TPSA) is 69.6 Å². The van der Waals surface area contributed by atoms with Crippen molar-refractivity contribution in [3.05, 3.63) is 34.9 Å². The molecule has 4 nitrogen and oxygen atoms in total. The third-order valence-corrected chi connectivity index (χ3v) is 2.37. The molecule has 1 aromatic rings. The summed E-state index contributed by atoms with van der Waals surface area (Å²) in [7, 11) is -1.58. The van der Waals surface area contributed by atoms with E-state index in [-0.39, 0.29) is 5.91 Å². The van der Waals surface area contributed by atoms with Gasteiger partial charge in [-0.25, -0.2) is 0 Å². The van der Waals surface area contributed by atoms with Gasteiger partial charge < -0.3 is 15.4 Å². The van der Waals surface area contributed by atoms with Gasteiger partial charge in [-0.15, -0.1) is 0 Å². The Morgan fingerprint density at radius 3 is 2.44 bits per heavy atom. The normalized spacial score (nSPS) is 12.0. The van der Waals surface area contributed by atoms with E-state index in [0.29, 0.717) is 11.4 Å². The molecule has 0 spiro atoms. The molecule has 0 unspecified atom stereocenters. The summed E-state index contributed by atoms with van der Waals surface area (Å²) < 4.78 is 0. The molecule has 0 saturated heterocycles. The van der Waals surface area contributed by atoms with Crippen molar-refractivity contribution >= 4 is 24.6 Å². The third kappa shape index (κ3) is 4.22. The highest BCUT2D eigenvalue weighted by Crippen LogP contribution is 2.11. The minimum atomic E-state index is -1.58. The fourth-order valence-electron chi connectivity index (χ4n) is 1.37. The van der Waals surface area contributed by atoms with Crippen molar-refractivity contribution in [2.24, 2.45) is 0 Å². The molecule has 86 valence electrons. The fourth-order valence-corrected chi connectivity index (χ4v) is 1.49. The van der Waals surface area contributed by atoms with E-state index in [2.05, 4.69) is 5.32 Å². The highest BCUT2D eigenvalue weighted by atomic mass is 35.5. The zero-order valence-electron chi connectivity index (χ0n) is 8.85. The molecule has 0 saturated carbocycles. The van der Waals surface area contributed by atoms with Gasteiger partial charge in [0.15, 0.2) is 0 Å². The number of rotatable bonds is 4. The van der Waals surface area contributed by atoms with Gasteiger partial charge in [-0.1, -0.05) is 23.7 Å². The van der Waals surface area contributed by atoms with Gasteiger partial charge in [0.1, 0.15) is 0 Å². The van der Waals surface area contributed by atoms with Crippen LogP contribution in [0.4, 0.5) is 0 Å². The van der Waals surface area contributed by atoms with E-state index in [1.807, 2.05) is 0 Å². The SMILES string of the molecule is CC(=O)N[C@@H](Cc1ccc(Cl)cc1)B(O)O. The van der Waals surface area contributed by atoms with E-state index in [9.17, 15) is 4.79 Å². The van der Waals surface area contributed by atoms with Crippen molar-refractivity contribution in [3.8, 4) is 0 Å². The van der Waals surface area contributed by atoms with Crippen LogP contribution in [0.3, 0.4) is 0 Å². The molecule has 0 heterocycles. The molecule has 16 heavy (non-hydrogen) atoms. The van der Waals surface area contributed by atoms with Crippen molar-refractivity contribution in [3.63, 3.8) is 0 Å². The van der Waals surface area contributed by atoms with Crippen molar-refractivity contribution in [1.82, 2.24) is 5.32 Å². The van der Waals surface area contributed by atoms with Crippen molar-refractivity contribution < 1.29 is 14.8 Å². The number of amides is 1. The van der Waals surface area contributed by atoms with E-state index >= 15 is 0 Å². The molecule has 1 aromatic carbocycles. The maximum Gasteiger partial charge on any atom is 0.475 e. The fraction of sp³-hybridized carbons (Fsp3) is 0.300. The molecule has 0 aliphatic carbocycles. The monoisotopic (exact) mass is 241 g/mol. The zero-order chi connectivity index (χ0) is 12.1. The summed E-state index contributed by atoms with van der Waals surface area (Å²) in [6, 6.07) is 6.98. The molecule has 1 atom stereocenters. The molecule has 3 N–H and O–H groups in total. The number of hydrogen-bond donors (Lipinski definition) is 3. The highest BCUT2D eigenvalue weighted by molar-refractivity contribution is 6.43. The predicted molar refractivity (Wildman–Crippen MR) is 63.0 cm³/mol. The van der Waals surface area contributed by atoms with Crippen LogP contribution in [0.5, 0.6) is 0 Å². The second kappa shape index (κ2) is 5.89. The maximum absolute atomic E-state index is 10.8. The summed E-state index contributed by atoms with van der Waals surface area (Å²) in [5.41, 5.74) is 0.872. The molecule has 1 amide bonds. The lowest BCUT2D eigenvalue weighted by molar-refractivity contribution is -0.119. The minimum absolute atomic E-state index is 0.299. The Labute approximate surface area is 99.4 Å². The van der Waals surface area contributed by atoms with Gasteiger partial charge in [0.2, 0.25) is 5.91 Å². The Balaban J connectivity index is 2.67. The van der Waals surface area contributed by atoms with E-state index in [4.69, 9.17) is 21.6 Å². The average Bonchev–Trinajstić information content (AvgIpc) is 2.19. The van der Waals surface area contributed by atoms with Gasteiger partial charge in [-0.2, -0.15) is 0 Å². The summed E-state index contributed by atoms with van der Waals surface area (Å²) in [5, 5.41) is 21.3. The molecule has 0 fully saturated rings. The number of benzene rings is 1. The summed E-state index contributed by atoms with van der Waals surface area (Å²) in [5.74, 6) is -1.01. The van der Waals surface area contributed by atoms with E-state index in [0.717, 1.165) is 5.56 Å². The van der Waals surface area contributed by atoms with Crippen LogP contribution in [0.15, 0.2) is 24.3 Å². The van der Waals surface area contributed by atoms with Gasteiger partial charge in [0.25, 0.3) is 0 Å². The van der Waals surface area contributed by atoms with Crippen molar-refractivity contribution in [1.29, 1.82) is 0 Å². The number of nitrogens with one attached hydrogen (secondary N) is 1. The molecular formula is C10H13BClNO3. The Kier molecular flexibility index (Phi) is 4.80. The molecule has 0 aliphatic heterocycles. The summed E-state index contributed by atoms with van der Waals surface area (Å²) in [6.45, 7) is 1.33. The number of carbonyl (C=O) groups is 1. The Hall–Kier alpha value is -1.04. The standard InChI is InChI=1S/C10H13BClNO3/c1-7(14)13-10(11(15)16)6-8-2-4-9(12)5-3-8/h2-5,10,15-16H,6H2,1H3,(H,13,14)/t10-/m0/s1. The molecule has 0 radical (unpaired) electrons. The van der Waals surface area contributed by atoms with Crippen molar-refractivity contribution in [2.45, 2.75) is 19.3 Å². The lowest BCUT2D eigenvalue weighted by Gasteiger charge is -2.16. The molecule has 0 aromatic heterocycles. The first-order valence-electron chi connectivity index (χ1n) is 4.86. The summed E-state index contributed by atoms with van der Waals surface area (Å²) >= 11 is 5.73. The molecular weight excluding hydrogens is 228 g/mol. The Morgan fingerprint density at radius 2 is 2.00 bits per heavy atom. The summed E-state index contributed by atoms with van der Waals surface area (Å²) in [4.78, 5) is 10.8. The first-order chi connectivity index (χ1) is 7.49. The first kappa shape index (κ1) is 13.0. The smallest absolute Gasteiger partial charge is 0.426 e. The predicted octanol–water partition coefficient (Wildman–Crippen LogP) is 0.399. The second-order valence-corrected chi connectivity index (χ2v) is 3.99. The van der Waals surface area contributed by atoms with Gasteiger partial charge in [0.05, 0.1) is 5.94 Å². The van der Waals surface area contributed by atoms with Crippen LogP contribution in [0.2, 0.25) is 5.02 Å². The highest BCUT2D eigenvalue weighted by Gasteiger charge is 2.24. The first-order valence-corrected chi connectivity index (χ1v) is 5.24. The maximum atomic E-state index is 10.8. The van der Waals surface area contributed by atoms with Crippen LogP contribution >= 0.6 is 11.6 Å². The number of carbonyl (C=O) groups excluding carboxylic acids is 1. The lowest BCUT2D eigenvalue weighted by Crippen LogP contribution is -2.47. The van der Waals surface area contributed by atoms with Gasteiger partial charge in [-0.05, 0) is 24.1 Å².